The molecule has 0 radical (unpaired) electrons. The van der Waals surface area contributed by atoms with Crippen molar-refractivity contribution >= 4 is 14.0 Å². The van der Waals surface area contributed by atoms with Crippen molar-refractivity contribution in [2.75, 3.05) is 6.61 Å². The van der Waals surface area contributed by atoms with Crippen molar-refractivity contribution in [3.8, 4) is 0 Å². The lowest BCUT2D eigenvalue weighted by molar-refractivity contribution is 0.00578. The Hall–Kier alpha value is -0.0301. The molecular formula is C14H30B2O4. The van der Waals surface area contributed by atoms with Gasteiger partial charge in [0, 0.05) is 12.2 Å². The summed E-state index contributed by atoms with van der Waals surface area (Å²) >= 11 is 0. The fourth-order valence-corrected chi connectivity index (χ4v) is 2.31. The van der Waals surface area contributed by atoms with Crippen molar-refractivity contribution in [3.05, 3.63) is 0 Å². The van der Waals surface area contributed by atoms with Gasteiger partial charge in [-0.15, -0.1) is 0 Å². The van der Waals surface area contributed by atoms with Crippen molar-refractivity contribution in [1.29, 1.82) is 0 Å². The first-order valence-electron chi connectivity index (χ1n) is 7.69. The smallest absolute Gasteiger partial charge is 0.414 e. The van der Waals surface area contributed by atoms with Crippen LogP contribution in [-0.2, 0) is 18.6 Å². The highest BCUT2D eigenvalue weighted by atomic mass is 16.7. The fourth-order valence-electron chi connectivity index (χ4n) is 2.31. The lowest BCUT2D eigenvalue weighted by Gasteiger charge is -2.32. The first-order chi connectivity index (χ1) is 9.04. The van der Waals surface area contributed by atoms with Gasteiger partial charge in [-0.3, -0.25) is 0 Å². The van der Waals surface area contributed by atoms with Gasteiger partial charge in [0.25, 0.3) is 0 Å². The van der Waals surface area contributed by atoms with Gasteiger partial charge in [0.1, 0.15) is 0 Å². The van der Waals surface area contributed by atoms with E-state index in [1.807, 2.05) is 34.6 Å². The van der Waals surface area contributed by atoms with Crippen LogP contribution in [0.25, 0.3) is 0 Å². The van der Waals surface area contributed by atoms with E-state index in [-0.39, 0.29) is 16.8 Å². The van der Waals surface area contributed by atoms with Crippen molar-refractivity contribution in [2.24, 2.45) is 0 Å². The largest absolute Gasteiger partial charge is 0.488 e. The molecule has 0 N–H and O–H groups in total. The van der Waals surface area contributed by atoms with E-state index in [9.17, 15) is 0 Å². The standard InChI is InChI=1S/C14H30B2O4/c1-9-11-12(3,4)18-15(17-10-2)16-19-13(5,6)14(7,8)20-16/h9-11H2,1-8H3. The van der Waals surface area contributed by atoms with Gasteiger partial charge in [-0.2, -0.15) is 0 Å². The molecule has 0 aromatic rings. The van der Waals surface area contributed by atoms with Crippen LogP contribution in [0, 0.1) is 0 Å². The summed E-state index contributed by atoms with van der Waals surface area (Å²) in [6, 6.07) is 0. The van der Waals surface area contributed by atoms with Crippen LogP contribution in [0.1, 0.15) is 68.2 Å². The van der Waals surface area contributed by atoms with E-state index in [0.717, 1.165) is 12.8 Å². The van der Waals surface area contributed by atoms with Crippen LogP contribution in [0.15, 0.2) is 0 Å². The highest BCUT2D eigenvalue weighted by Gasteiger charge is 2.58. The van der Waals surface area contributed by atoms with Crippen LogP contribution in [0.5, 0.6) is 0 Å². The molecule has 6 heteroatoms. The van der Waals surface area contributed by atoms with E-state index < -0.39 is 14.0 Å². The molecule has 20 heavy (non-hydrogen) atoms. The Labute approximate surface area is 125 Å². The molecule has 0 saturated carbocycles. The highest BCUT2D eigenvalue weighted by molar-refractivity contribution is 7.11. The molecule has 0 aromatic carbocycles. The molecule has 1 aliphatic rings. The Morgan fingerprint density at radius 2 is 1.55 bits per heavy atom. The summed E-state index contributed by atoms with van der Waals surface area (Å²) in [4.78, 5) is 0. The average Bonchev–Trinajstić information content (AvgIpc) is 2.47. The van der Waals surface area contributed by atoms with Crippen LogP contribution in [0.2, 0.25) is 0 Å². The van der Waals surface area contributed by atoms with Crippen LogP contribution in [-0.4, -0.2) is 37.4 Å². The van der Waals surface area contributed by atoms with Gasteiger partial charge in [-0.1, -0.05) is 13.3 Å². The maximum Gasteiger partial charge on any atom is 0.488 e. The summed E-state index contributed by atoms with van der Waals surface area (Å²) in [5.74, 6) is 0. The van der Waals surface area contributed by atoms with Crippen LogP contribution in [0.4, 0.5) is 0 Å². The van der Waals surface area contributed by atoms with Crippen LogP contribution < -0.4 is 0 Å². The first kappa shape index (κ1) is 18.0. The molecule has 0 atom stereocenters. The molecule has 0 aliphatic carbocycles. The van der Waals surface area contributed by atoms with Crippen molar-refractivity contribution in [3.63, 3.8) is 0 Å². The van der Waals surface area contributed by atoms with Crippen molar-refractivity contribution in [2.45, 2.75) is 85.0 Å². The number of hydrogen-bond donors (Lipinski definition) is 0. The minimum absolute atomic E-state index is 0.252. The molecule has 116 valence electrons. The van der Waals surface area contributed by atoms with Gasteiger partial charge in [0.15, 0.2) is 0 Å². The molecule has 0 aromatic heterocycles. The average molecular weight is 284 g/mol. The number of rotatable bonds is 7. The SMILES string of the molecule is CCCC(C)(C)OB(OCC)B1OC(C)(C)C(C)(C)O1. The molecule has 4 nitrogen and oxygen atoms in total. The predicted molar refractivity (Wildman–Crippen MR) is 83.5 cm³/mol. The normalized spacial score (nSPS) is 21.3. The summed E-state index contributed by atoms with van der Waals surface area (Å²) in [5.41, 5.74) is -0.991. The van der Waals surface area contributed by atoms with Gasteiger partial charge >= 0.3 is 14.0 Å². The van der Waals surface area contributed by atoms with Crippen LogP contribution in [0.3, 0.4) is 0 Å². The Balaban J connectivity index is 2.78. The molecular weight excluding hydrogens is 254 g/mol. The minimum atomic E-state index is -0.498. The zero-order valence-corrected chi connectivity index (χ0v) is 14.4. The second kappa shape index (κ2) is 6.39. The second-order valence-electron chi connectivity index (χ2n) is 7.08. The topological polar surface area (TPSA) is 36.9 Å². The zero-order valence-electron chi connectivity index (χ0n) is 14.4. The summed E-state index contributed by atoms with van der Waals surface area (Å²) in [7, 11) is -0.987. The highest BCUT2D eigenvalue weighted by Crippen LogP contribution is 2.38. The van der Waals surface area contributed by atoms with E-state index >= 15 is 0 Å². The van der Waals surface area contributed by atoms with E-state index in [4.69, 9.17) is 18.6 Å². The molecule has 0 spiro atoms. The second-order valence-corrected chi connectivity index (χ2v) is 7.08. The lowest BCUT2D eigenvalue weighted by atomic mass is 9.48. The molecule has 1 rings (SSSR count). The maximum atomic E-state index is 6.12. The van der Waals surface area contributed by atoms with E-state index in [1.54, 1.807) is 0 Å². The van der Waals surface area contributed by atoms with Gasteiger partial charge in [0.2, 0.25) is 0 Å². The number of hydrogen-bond acceptors (Lipinski definition) is 4. The molecule has 1 heterocycles. The molecule has 1 saturated heterocycles. The zero-order chi connectivity index (χ0) is 15.6. The molecule has 1 fully saturated rings. The maximum absolute atomic E-state index is 6.12. The minimum Gasteiger partial charge on any atom is -0.414 e. The van der Waals surface area contributed by atoms with Gasteiger partial charge in [-0.25, -0.2) is 0 Å². The predicted octanol–water partition coefficient (Wildman–Crippen LogP) is 3.28. The summed E-state index contributed by atoms with van der Waals surface area (Å²) < 4.78 is 23.9. The fraction of sp³-hybridized carbons (Fsp3) is 1.00. The quantitative estimate of drug-likeness (QED) is 0.672. The molecule has 1 aliphatic heterocycles. The summed E-state index contributed by atoms with van der Waals surface area (Å²) in [6.07, 6.45) is 2.03. The van der Waals surface area contributed by atoms with E-state index in [1.165, 1.54) is 0 Å². The lowest BCUT2D eigenvalue weighted by Crippen LogP contribution is -2.48. The van der Waals surface area contributed by atoms with Gasteiger partial charge in [-0.05, 0) is 54.9 Å². The first-order valence-corrected chi connectivity index (χ1v) is 7.69. The third-order valence-electron chi connectivity index (χ3n) is 4.11. The van der Waals surface area contributed by atoms with Gasteiger partial charge in [0.05, 0.1) is 11.2 Å². The Morgan fingerprint density at radius 1 is 1.05 bits per heavy atom. The Bertz CT molecular complexity index is 302. The Kier molecular flexibility index (Phi) is 5.75. The van der Waals surface area contributed by atoms with E-state index in [2.05, 4.69) is 20.8 Å². The van der Waals surface area contributed by atoms with Crippen LogP contribution >= 0.6 is 0 Å². The Morgan fingerprint density at radius 3 is 1.95 bits per heavy atom. The molecule has 0 unspecified atom stereocenters. The molecule has 0 bridgehead atoms. The summed E-state index contributed by atoms with van der Waals surface area (Å²) in [6.45, 7) is 17.0. The van der Waals surface area contributed by atoms with Crippen molar-refractivity contribution < 1.29 is 18.6 Å². The third-order valence-corrected chi connectivity index (χ3v) is 4.11. The molecule has 0 amide bonds. The van der Waals surface area contributed by atoms with Gasteiger partial charge < -0.3 is 18.6 Å². The third kappa shape index (κ3) is 4.23. The van der Waals surface area contributed by atoms with Crippen molar-refractivity contribution in [1.82, 2.24) is 0 Å². The monoisotopic (exact) mass is 284 g/mol. The van der Waals surface area contributed by atoms with E-state index in [0.29, 0.717) is 6.61 Å². The summed E-state index contributed by atoms with van der Waals surface area (Å²) in [5, 5.41) is 0.